The molecule has 686 valence electrons. The molecule has 0 unspecified atom stereocenters. The van der Waals surface area contributed by atoms with Gasteiger partial charge in [-0.1, -0.05) is 267 Å². The highest BCUT2D eigenvalue weighted by Crippen LogP contribution is 2.50. The van der Waals surface area contributed by atoms with Gasteiger partial charge in [-0.15, -0.1) is 0 Å². The molecule has 0 N–H and O–H groups in total. The Bertz CT molecular complexity index is 9660. The number of fused-ring (bicyclic) bond motifs is 12. The summed E-state index contributed by atoms with van der Waals surface area (Å²) in [5.74, 6) is -2.45. The summed E-state index contributed by atoms with van der Waals surface area (Å²) in [7, 11) is 0. The van der Waals surface area contributed by atoms with Crippen LogP contribution in [0.5, 0.6) is 0 Å². The largest absolute Gasteiger partial charge is 0.308 e. The average molecular weight is 1900 g/mol. The molecule has 0 radical (unpaired) electrons. The van der Waals surface area contributed by atoms with Crippen molar-refractivity contribution < 1.29 is 28.8 Å². The number of nitrogens with zero attached hydrogens (tertiary/aromatic N) is 14. The lowest BCUT2D eigenvalue weighted by Gasteiger charge is -2.17. The van der Waals surface area contributed by atoms with E-state index in [1.807, 2.05) is 299 Å². The Labute approximate surface area is 846 Å². The van der Waals surface area contributed by atoms with Crippen molar-refractivity contribution in [2.75, 3.05) is 14.7 Å². The lowest BCUT2D eigenvalue weighted by Crippen LogP contribution is -2.29. The number of imide groups is 3. The van der Waals surface area contributed by atoms with Gasteiger partial charge >= 0.3 is 0 Å². The third-order valence-electron chi connectivity index (χ3n) is 27.2. The number of nitriles is 3. The first kappa shape index (κ1) is 89.8. The molecule has 20 nitrogen and oxygen atoms in total. The Morgan fingerprint density at radius 1 is 0.196 bits per heavy atom. The summed E-state index contributed by atoms with van der Waals surface area (Å²) in [4.78, 5) is 107. The number of carbonyl (C=O) groups is 6. The van der Waals surface area contributed by atoms with E-state index in [4.69, 9.17) is 32.9 Å². The highest BCUT2D eigenvalue weighted by Gasteiger charge is 2.44. The van der Waals surface area contributed by atoms with Crippen LogP contribution in [0, 0.1) is 66.9 Å². The van der Waals surface area contributed by atoms with Gasteiger partial charge in [-0.05, 0) is 207 Å². The Balaban J connectivity index is 0.000000123. The normalized spacial score (nSPS) is 12.2. The lowest BCUT2D eigenvalue weighted by molar-refractivity contribution is 0.0910. The van der Waals surface area contributed by atoms with Crippen LogP contribution >= 0.6 is 0 Å². The Kier molecular flexibility index (Phi) is 22.4. The summed E-state index contributed by atoms with van der Waals surface area (Å²) < 4.78 is 6.03. The van der Waals surface area contributed by atoms with Crippen LogP contribution in [0.3, 0.4) is 0 Å². The van der Waals surface area contributed by atoms with Crippen LogP contribution in [0.1, 0.15) is 78.8 Å². The summed E-state index contributed by atoms with van der Waals surface area (Å²) in [5, 5.41) is 35.1. The minimum absolute atomic E-state index is 0.216. The van der Waals surface area contributed by atoms with Crippen molar-refractivity contribution in [1.82, 2.24) is 13.7 Å². The smallest absolute Gasteiger partial charge is 0.268 e. The van der Waals surface area contributed by atoms with E-state index in [0.717, 1.165) is 110 Å². The van der Waals surface area contributed by atoms with Crippen LogP contribution in [0.25, 0.3) is 185 Å². The van der Waals surface area contributed by atoms with E-state index >= 15 is 0 Å². The number of benzene rings is 19. The van der Waals surface area contributed by atoms with Gasteiger partial charge in [0.05, 0.1) is 152 Å². The van der Waals surface area contributed by atoms with Gasteiger partial charge in [0.2, 0.25) is 0 Å². The molecular formula is C128H68N14O6. The number of anilines is 3. The second kappa shape index (κ2) is 36.9. The van der Waals surface area contributed by atoms with Crippen molar-refractivity contribution in [3.05, 3.63) is 520 Å². The maximum atomic E-state index is 14.7. The fourth-order valence-electron chi connectivity index (χ4n) is 20.7. The molecule has 19 aromatic carbocycles. The minimum atomic E-state index is -0.485. The second-order valence-corrected chi connectivity index (χ2v) is 35.5. The molecule has 0 saturated carbocycles. The van der Waals surface area contributed by atoms with Crippen LogP contribution in [0.2, 0.25) is 0 Å². The highest BCUT2D eigenvalue weighted by atomic mass is 16.2. The van der Waals surface area contributed by atoms with Gasteiger partial charge in [-0.3, -0.25) is 28.8 Å². The van der Waals surface area contributed by atoms with Crippen LogP contribution in [0.15, 0.2) is 413 Å². The quantitative estimate of drug-likeness (QED) is 0.0790. The molecule has 0 fully saturated rings. The maximum absolute atomic E-state index is 14.7. The molecule has 0 aliphatic carbocycles. The summed E-state index contributed by atoms with van der Waals surface area (Å²) in [5.41, 5.74) is 24.3. The van der Waals surface area contributed by atoms with Gasteiger partial charge < -0.3 is 13.7 Å². The molecule has 6 heterocycles. The van der Waals surface area contributed by atoms with Gasteiger partial charge in [-0.25, -0.2) is 38.9 Å². The van der Waals surface area contributed by atoms with Crippen molar-refractivity contribution in [3.8, 4) is 113 Å². The average Bonchev–Trinajstić information content (AvgIpc) is 1.55. The van der Waals surface area contributed by atoms with E-state index in [-0.39, 0.29) is 28.8 Å². The lowest BCUT2D eigenvalue weighted by atomic mass is 9.98. The summed E-state index contributed by atoms with van der Waals surface area (Å²) >= 11 is 0. The number of rotatable bonds is 13. The molecule has 20 heteroatoms. The van der Waals surface area contributed by atoms with Gasteiger partial charge in [0.15, 0.2) is 28.4 Å². The van der Waals surface area contributed by atoms with Crippen LogP contribution in [0.4, 0.5) is 45.5 Å². The molecular weight excluding hydrogens is 1830 g/mol. The van der Waals surface area contributed by atoms with E-state index in [2.05, 4.69) is 42.4 Å². The second-order valence-electron chi connectivity index (χ2n) is 35.5. The van der Waals surface area contributed by atoms with Crippen molar-refractivity contribution in [2.45, 2.75) is 0 Å². The van der Waals surface area contributed by atoms with Crippen molar-refractivity contribution in [3.63, 3.8) is 0 Å². The number of carbonyl (C=O) groups excluding carboxylic acids is 6. The van der Waals surface area contributed by atoms with Crippen molar-refractivity contribution >= 4 is 146 Å². The van der Waals surface area contributed by atoms with E-state index in [1.54, 1.807) is 115 Å². The molecule has 22 aromatic rings. The number of hydrogen-bond acceptors (Lipinski definition) is 9. The molecule has 0 bridgehead atoms. The minimum Gasteiger partial charge on any atom is -0.308 e. The first-order valence-corrected chi connectivity index (χ1v) is 46.9. The van der Waals surface area contributed by atoms with Gasteiger partial charge in [0.25, 0.3) is 35.4 Å². The van der Waals surface area contributed by atoms with E-state index in [0.29, 0.717) is 135 Å². The number of para-hydroxylation sites is 5. The Morgan fingerprint density at radius 2 is 0.466 bits per heavy atom. The topological polar surface area (TPSA) is 220 Å². The monoisotopic (exact) mass is 1900 g/mol. The fourth-order valence-corrected chi connectivity index (χ4v) is 20.7. The summed E-state index contributed by atoms with van der Waals surface area (Å²) in [6, 6.07) is 134. The molecule has 6 amide bonds. The molecule has 25 rings (SSSR count). The molecule has 3 aliphatic rings. The van der Waals surface area contributed by atoms with E-state index in [1.165, 1.54) is 26.8 Å². The maximum Gasteiger partial charge on any atom is 0.268 e. The number of hydrogen-bond donors (Lipinski definition) is 0. The third-order valence-corrected chi connectivity index (χ3v) is 27.2. The van der Waals surface area contributed by atoms with E-state index in [9.17, 15) is 44.6 Å². The SMILES string of the molecule is [C-]#[N+]c1cc(C#N)cc(-c2cccc3c4cccc(-c5cc(C#N)cc([N+]#[C-])c5)c4n(-c4cccc5c4C(=O)N(c4ccc(-c6ccccc6)cc4)C5=O)c23)c1.[C-]#[N+]c1cc(C#N)cc(-c2cccc3c4ccccc4n(-c4cccc5c4C(=O)N(c4ccc(-c6ccccc6)cc4)C5=O)c23)c1.[C-]#[N+]c1cc([N+]#[C-])cc(-c2ccc3c4ccccc4n(-c4cccc5c4C(=O)N(c4ccc(-c6ccccc6)cc4)C5=O)c3c2)c1. The predicted octanol–water partition coefficient (Wildman–Crippen LogP) is 30.8. The van der Waals surface area contributed by atoms with Crippen molar-refractivity contribution in [2.24, 2.45) is 0 Å². The molecule has 148 heavy (non-hydrogen) atoms. The van der Waals surface area contributed by atoms with Crippen LogP contribution in [-0.4, -0.2) is 49.1 Å². The third kappa shape index (κ3) is 15.2. The zero-order valence-corrected chi connectivity index (χ0v) is 78.0. The van der Waals surface area contributed by atoms with E-state index < -0.39 is 17.7 Å². The Morgan fingerprint density at radius 3 is 0.831 bits per heavy atom. The first-order chi connectivity index (χ1) is 72.5. The first-order valence-electron chi connectivity index (χ1n) is 46.9. The zero-order chi connectivity index (χ0) is 101. The van der Waals surface area contributed by atoms with Crippen molar-refractivity contribution in [1.29, 1.82) is 15.8 Å². The molecule has 0 atom stereocenters. The number of aromatic nitrogens is 3. The molecule has 3 aromatic heterocycles. The zero-order valence-electron chi connectivity index (χ0n) is 78.0. The van der Waals surface area contributed by atoms with Gasteiger partial charge in [0.1, 0.15) is 0 Å². The molecule has 0 spiro atoms. The molecule has 0 saturated heterocycles. The fraction of sp³-hybridized carbons (Fsp3) is 0. The highest BCUT2D eigenvalue weighted by molar-refractivity contribution is 6.38. The predicted molar refractivity (Wildman–Crippen MR) is 579 cm³/mol. The Hall–Kier alpha value is -22.1. The standard InChI is InChI=1S/C48H24N6O2.2C40H22N4O2/c1-51-35-23-29(27-49)21-33(25-35)38-11-6-13-40-41-14-7-12-39(34-22-30(28-50)24-36(26-34)52-2)46(41)54(45(38)40)43-16-8-15-42-44(43)48(56)53(47(42)55)37-19-17-32(18-20-37)31-9-4-3-5-10-31;1-41-29-21-28(22-30(24-29)42-2)27-17-20-33-32-11-6-7-13-35(32)44(37(33)23-27)36-14-8-12-34-38(36)40(46)43(39(34)45)31-18-15-26(16-19-31)25-9-4-3-5-10-25;1-42-29-22-25(24-41)21-28(23-29)31-12-7-13-33-32-11-5-6-15-35(32)44(38(31)33)36-16-8-14-34-37(36)40(46)43(39(34)45)30-19-17-27(18-20-30)26-9-3-2-4-10-26/h3-26H;3-24H;2-23H. The van der Waals surface area contributed by atoms with Gasteiger partial charge in [-0.2, -0.15) is 15.8 Å². The summed E-state index contributed by atoms with van der Waals surface area (Å²) in [6.07, 6.45) is 0. The van der Waals surface area contributed by atoms with Crippen LogP contribution < -0.4 is 14.7 Å². The number of amides is 6. The molecule has 3 aliphatic heterocycles. The van der Waals surface area contributed by atoms with Crippen LogP contribution in [-0.2, 0) is 0 Å². The summed E-state index contributed by atoms with van der Waals surface area (Å²) in [6.45, 7) is 38.1. The van der Waals surface area contributed by atoms with Gasteiger partial charge in [0, 0.05) is 65.7 Å².